The molecule has 2 rings (SSSR count). The Morgan fingerprint density at radius 3 is 2.75 bits per heavy atom. The van der Waals surface area contributed by atoms with Crippen LogP contribution >= 0.6 is 0 Å². The summed E-state index contributed by atoms with van der Waals surface area (Å²) in [7, 11) is 3.41. The second kappa shape index (κ2) is 7.50. The van der Waals surface area contributed by atoms with E-state index in [1.54, 1.807) is 14.2 Å². The topological polar surface area (TPSA) is 33.7 Å². The van der Waals surface area contributed by atoms with E-state index in [0.717, 1.165) is 44.1 Å². The first kappa shape index (κ1) is 15.1. The van der Waals surface area contributed by atoms with Crippen LogP contribution in [-0.2, 0) is 0 Å². The number of para-hydroxylation sites is 1. The van der Waals surface area contributed by atoms with Gasteiger partial charge in [-0.15, -0.1) is 0 Å². The minimum Gasteiger partial charge on any atom is -0.493 e. The summed E-state index contributed by atoms with van der Waals surface area (Å²) in [6, 6.07) is 6.56. The fourth-order valence-electron chi connectivity index (χ4n) is 3.03. The van der Waals surface area contributed by atoms with E-state index in [9.17, 15) is 0 Å². The molecule has 1 heterocycles. The molecule has 20 heavy (non-hydrogen) atoms. The normalized spacial score (nSPS) is 18.4. The van der Waals surface area contributed by atoms with E-state index in [0.29, 0.717) is 6.04 Å². The molecule has 0 spiro atoms. The van der Waals surface area contributed by atoms with Crippen LogP contribution in [0.15, 0.2) is 18.2 Å². The number of methoxy groups -OCH3 is 2. The molecule has 112 valence electrons. The third-order valence-electron chi connectivity index (χ3n) is 3.99. The zero-order chi connectivity index (χ0) is 14.4. The molecule has 1 saturated heterocycles. The van der Waals surface area contributed by atoms with Gasteiger partial charge < -0.3 is 14.8 Å². The van der Waals surface area contributed by atoms with Gasteiger partial charge in [0.15, 0.2) is 11.5 Å². The Labute approximate surface area is 122 Å². The highest BCUT2D eigenvalue weighted by molar-refractivity contribution is 5.48. The lowest BCUT2D eigenvalue weighted by molar-refractivity contribution is 0.200. The van der Waals surface area contributed by atoms with E-state index in [1.807, 2.05) is 6.07 Å². The van der Waals surface area contributed by atoms with Gasteiger partial charge in [0, 0.05) is 31.2 Å². The standard InChI is InChI=1S/C16H26N2O2/c1-4-14(18-11-6-9-17-10-12-18)13-7-5-8-15(19-2)16(13)20-3/h5,7-8,14,17H,4,6,9-12H2,1-3H3. The summed E-state index contributed by atoms with van der Waals surface area (Å²) >= 11 is 0. The molecule has 1 fully saturated rings. The van der Waals surface area contributed by atoms with Crippen molar-refractivity contribution in [2.75, 3.05) is 40.4 Å². The highest BCUT2D eigenvalue weighted by Gasteiger charge is 2.24. The molecule has 0 bridgehead atoms. The van der Waals surface area contributed by atoms with Crippen LogP contribution in [0.2, 0.25) is 0 Å². The van der Waals surface area contributed by atoms with Crippen LogP contribution in [0.1, 0.15) is 31.4 Å². The molecule has 4 heteroatoms. The van der Waals surface area contributed by atoms with E-state index >= 15 is 0 Å². The van der Waals surface area contributed by atoms with Gasteiger partial charge in [0.05, 0.1) is 14.2 Å². The van der Waals surface area contributed by atoms with Crippen LogP contribution in [0.3, 0.4) is 0 Å². The molecule has 0 radical (unpaired) electrons. The van der Waals surface area contributed by atoms with Crippen molar-refractivity contribution in [2.24, 2.45) is 0 Å². The number of ether oxygens (including phenoxy) is 2. The molecule has 1 aliphatic rings. The van der Waals surface area contributed by atoms with Gasteiger partial charge in [-0.05, 0) is 25.5 Å². The Hall–Kier alpha value is -1.26. The monoisotopic (exact) mass is 278 g/mol. The van der Waals surface area contributed by atoms with Crippen molar-refractivity contribution in [3.63, 3.8) is 0 Å². The predicted octanol–water partition coefficient (Wildman–Crippen LogP) is 2.45. The zero-order valence-corrected chi connectivity index (χ0v) is 12.8. The fraction of sp³-hybridized carbons (Fsp3) is 0.625. The van der Waals surface area contributed by atoms with E-state index in [2.05, 4.69) is 29.3 Å². The van der Waals surface area contributed by atoms with Gasteiger partial charge in [0.1, 0.15) is 0 Å². The third kappa shape index (κ3) is 3.25. The lowest BCUT2D eigenvalue weighted by Gasteiger charge is -2.31. The average molecular weight is 278 g/mol. The molecular formula is C16H26N2O2. The molecule has 0 saturated carbocycles. The number of hydrogen-bond acceptors (Lipinski definition) is 4. The molecule has 1 aromatic rings. The first-order chi connectivity index (χ1) is 9.81. The number of hydrogen-bond donors (Lipinski definition) is 1. The maximum atomic E-state index is 5.60. The Morgan fingerprint density at radius 2 is 2.05 bits per heavy atom. The Morgan fingerprint density at radius 1 is 1.20 bits per heavy atom. The van der Waals surface area contributed by atoms with Crippen molar-refractivity contribution in [1.82, 2.24) is 10.2 Å². The van der Waals surface area contributed by atoms with Gasteiger partial charge in [0.2, 0.25) is 0 Å². The summed E-state index contributed by atoms with van der Waals surface area (Å²) in [5.41, 5.74) is 1.23. The van der Waals surface area contributed by atoms with Gasteiger partial charge in [-0.3, -0.25) is 4.90 Å². The Kier molecular flexibility index (Phi) is 5.68. The molecule has 1 unspecified atom stereocenters. The van der Waals surface area contributed by atoms with Crippen LogP contribution in [0.25, 0.3) is 0 Å². The van der Waals surface area contributed by atoms with Gasteiger partial charge in [-0.25, -0.2) is 0 Å². The fourth-order valence-corrected chi connectivity index (χ4v) is 3.03. The minimum atomic E-state index is 0.389. The lowest BCUT2D eigenvalue weighted by Crippen LogP contribution is -2.32. The quantitative estimate of drug-likeness (QED) is 0.897. The van der Waals surface area contributed by atoms with Crippen molar-refractivity contribution in [3.05, 3.63) is 23.8 Å². The van der Waals surface area contributed by atoms with Crippen LogP contribution < -0.4 is 14.8 Å². The molecule has 0 aromatic heterocycles. The smallest absolute Gasteiger partial charge is 0.165 e. The lowest BCUT2D eigenvalue weighted by atomic mass is 10.0. The zero-order valence-electron chi connectivity index (χ0n) is 12.8. The highest BCUT2D eigenvalue weighted by atomic mass is 16.5. The van der Waals surface area contributed by atoms with Crippen LogP contribution in [-0.4, -0.2) is 45.3 Å². The van der Waals surface area contributed by atoms with Crippen LogP contribution in [0.5, 0.6) is 11.5 Å². The molecule has 0 aliphatic carbocycles. The van der Waals surface area contributed by atoms with E-state index < -0.39 is 0 Å². The molecule has 0 amide bonds. The summed E-state index contributed by atoms with van der Waals surface area (Å²) in [5.74, 6) is 1.69. The van der Waals surface area contributed by atoms with E-state index in [-0.39, 0.29) is 0 Å². The van der Waals surface area contributed by atoms with E-state index in [1.165, 1.54) is 12.0 Å². The van der Waals surface area contributed by atoms with Crippen molar-refractivity contribution < 1.29 is 9.47 Å². The summed E-state index contributed by atoms with van der Waals surface area (Å²) in [4.78, 5) is 2.55. The third-order valence-corrected chi connectivity index (χ3v) is 3.99. The minimum absolute atomic E-state index is 0.389. The van der Waals surface area contributed by atoms with Crippen LogP contribution in [0, 0.1) is 0 Å². The van der Waals surface area contributed by atoms with Gasteiger partial charge >= 0.3 is 0 Å². The first-order valence-electron chi connectivity index (χ1n) is 7.47. The maximum Gasteiger partial charge on any atom is 0.165 e. The molecular weight excluding hydrogens is 252 g/mol. The second-order valence-electron chi connectivity index (χ2n) is 5.15. The van der Waals surface area contributed by atoms with Gasteiger partial charge in [0.25, 0.3) is 0 Å². The first-order valence-corrected chi connectivity index (χ1v) is 7.47. The van der Waals surface area contributed by atoms with Crippen molar-refractivity contribution >= 4 is 0 Å². The number of benzene rings is 1. The second-order valence-corrected chi connectivity index (χ2v) is 5.15. The number of nitrogens with one attached hydrogen (secondary N) is 1. The Bertz CT molecular complexity index is 415. The predicted molar refractivity (Wildman–Crippen MR) is 81.6 cm³/mol. The molecule has 1 N–H and O–H groups in total. The van der Waals surface area contributed by atoms with E-state index in [4.69, 9.17) is 9.47 Å². The van der Waals surface area contributed by atoms with Crippen LogP contribution in [0.4, 0.5) is 0 Å². The summed E-state index contributed by atoms with van der Waals surface area (Å²) in [6.45, 7) is 6.62. The maximum absolute atomic E-state index is 5.60. The summed E-state index contributed by atoms with van der Waals surface area (Å²) in [5, 5.41) is 3.46. The number of nitrogens with zero attached hydrogens (tertiary/aromatic N) is 1. The van der Waals surface area contributed by atoms with Crippen molar-refractivity contribution in [2.45, 2.75) is 25.8 Å². The molecule has 1 atom stereocenters. The molecule has 1 aliphatic heterocycles. The van der Waals surface area contributed by atoms with Crippen molar-refractivity contribution in [1.29, 1.82) is 0 Å². The molecule has 1 aromatic carbocycles. The highest BCUT2D eigenvalue weighted by Crippen LogP contribution is 2.38. The summed E-state index contributed by atoms with van der Waals surface area (Å²) in [6.07, 6.45) is 2.27. The van der Waals surface area contributed by atoms with Crippen molar-refractivity contribution in [3.8, 4) is 11.5 Å². The molecule has 4 nitrogen and oxygen atoms in total. The van der Waals surface area contributed by atoms with Gasteiger partial charge in [-0.1, -0.05) is 19.1 Å². The summed E-state index contributed by atoms with van der Waals surface area (Å²) < 4.78 is 11.0. The Balaban J connectivity index is 2.30. The van der Waals surface area contributed by atoms with Gasteiger partial charge in [-0.2, -0.15) is 0 Å². The number of rotatable bonds is 5. The largest absolute Gasteiger partial charge is 0.493 e. The average Bonchev–Trinajstić information content (AvgIpc) is 2.77. The SMILES string of the molecule is CCC(c1cccc(OC)c1OC)N1CCCNCC1.